The molecule has 0 saturated carbocycles. The molecule has 0 bridgehead atoms. The van der Waals surface area contributed by atoms with Gasteiger partial charge in [-0.3, -0.25) is 4.84 Å². The largest absolute Gasteiger partial charge is 0.451 e. The molecule has 10 heteroatoms. The second-order valence-corrected chi connectivity index (χ2v) is 5.46. The van der Waals surface area contributed by atoms with Crippen molar-refractivity contribution in [3.8, 4) is 0 Å². The average molecular weight is 394 g/mol. The van der Waals surface area contributed by atoms with Crippen molar-refractivity contribution in [2.75, 3.05) is 33.5 Å². The first kappa shape index (κ1) is 22.9. The van der Waals surface area contributed by atoms with E-state index in [1.807, 2.05) is 19.1 Å². The van der Waals surface area contributed by atoms with Crippen LogP contribution in [0.15, 0.2) is 33.7 Å². The monoisotopic (exact) mass is 394 g/mol. The molecule has 0 aliphatic heterocycles. The number of amides is 1. The zero-order valence-electron chi connectivity index (χ0n) is 17.2. The summed E-state index contributed by atoms with van der Waals surface area (Å²) >= 11 is 0. The fraction of sp³-hybridized carbons (Fsp3) is 0.444. The number of ether oxygens (including phenoxy) is 1. The lowest BCUT2D eigenvalue weighted by molar-refractivity contribution is 0.111. The number of para-hydroxylation sites is 1. The molecule has 0 aromatic heterocycles. The van der Waals surface area contributed by atoms with Crippen LogP contribution in [0, 0.1) is 6.92 Å². The maximum atomic E-state index is 12.0. The van der Waals surface area contributed by atoms with E-state index in [-0.39, 0.29) is 6.61 Å². The molecule has 1 aromatic rings. The molecule has 0 radical (unpaired) electrons. The van der Waals surface area contributed by atoms with E-state index < -0.39 is 6.09 Å². The molecular formula is C18H26N4O6. The van der Waals surface area contributed by atoms with Gasteiger partial charge in [-0.2, -0.15) is 5.06 Å². The van der Waals surface area contributed by atoms with Crippen LogP contribution >= 0.6 is 0 Å². The van der Waals surface area contributed by atoms with Crippen LogP contribution in [-0.2, 0) is 30.7 Å². The molecule has 0 aliphatic carbocycles. The Bertz CT molecular complexity index is 760. The van der Waals surface area contributed by atoms with Crippen molar-refractivity contribution in [2.24, 2.45) is 15.5 Å². The van der Waals surface area contributed by atoms with Gasteiger partial charge in [-0.15, -0.1) is 0 Å². The highest BCUT2D eigenvalue weighted by atomic mass is 16.7. The van der Waals surface area contributed by atoms with E-state index in [1.165, 1.54) is 28.4 Å². The summed E-state index contributed by atoms with van der Waals surface area (Å²) in [5, 5.41) is 12.8. The zero-order valence-corrected chi connectivity index (χ0v) is 17.2. The van der Waals surface area contributed by atoms with Crippen molar-refractivity contribution in [1.82, 2.24) is 0 Å². The lowest BCUT2D eigenvalue weighted by atomic mass is 10.1. The molecule has 0 spiro atoms. The zero-order chi connectivity index (χ0) is 21.1. The van der Waals surface area contributed by atoms with Gasteiger partial charge in [0.05, 0.1) is 19.9 Å². The van der Waals surface area contributed by atoms with Gasteiger partial charge in [-0.05, 0) is 26.3 Å². The molecule has 10 nitrogen and oxygen atoms in total. The van der Waals surface area contributed by atoms with Crippen LogP contribution in [-0.4, -0.2) is 51.7 Å². The smallest absolute Gasteiger partial charge is 0.438 e. The van der Waals surface area contributed by atoms with Crippen molar-refractivity contribution in [3.05, 3.63) is 29.3 Å². The van der Waals surface area contributed by atoms with Crippen LogP contribution in [0.1, 0.15) is 25.0 Å². The number of oxime groups is 3. The number of rotatable bonds is 9. The minimum absolute atomic E-state index is 0.0753. The maximum absolute atomic E-state index is 12.0. The molecule has 0 heterocycles. The van der Waals surface area contributed by atoms with Gasteiger partial charge in [0.25, 0.3) is 0 Å². The Labute approximate surface area is 164 Å². The molecule has 154 valence electrons. The van der Waals surface area contributed by atoms with E-state index in [2.05, 4.69) is 15.5 Å². The topological polar surface area (TPSA) is 104 Å². The predicted octanol–water partition coefficient (Wildman–Crippen LogP) is 3.05. The number of hydrogen-bond donors (Lipinski definition) is 0. The predicted molar refractivity (Wildman–Crippen MR) is 106 cm³/mol. The Balaban J connectivity index is 3.09. The summed E-state index contributed by atoms with van der Waals surface area (Å²) < 4.78 is 4.76. The van der Waals surface area contributed by atoms with Crippen molar-refractivity contribution in [3.63, 3.8) is 0 Å². The Morgan fingerprint density at radius 2 is 1.64 bits per heavy atom. The number of methoxy groups -OCH3 is 1. The third-order valence-corrected chi connectivity index (χ3v) is 3.57. The Morgan fingerprint density at radius 1 is 1.00 bits per heavy atom. The highest BCUT2D eigenvalue weighted by molar-refractivity contribution is 6.67. The van der Waals surface area contributed by atoms with Crippen molar-refractivity contribution in [2.45, 2.75) is 27.4 Å². The normalized spacial score (nSPS) is 12.5. The molecule has 28 heavy (non-hydrogen) atoms. The molecule has 0 atom stereocenters. The van der Waals surface area contributed by atoms with Gasteiger partial charge in [0.15, 0.2) is 5.71 Å². The molecule has 1 aromatic carbocycles. The number of hydroxylamine groups is 1. The van der Waals surface area contributed by atoms with E-state index in [1.54, 1.807) is 19.9 Å². The SMILES string of the molecule is CO/N=C(C)/C(=N\OC)C(/C)=N/OCc1cccc(C)c1N(OC)C(=O)OC. The third kappa shape index (κ3) is 5.95. The minimum atomic E-state index is -0.654. The molecule has 0 N–H and O–H groups in total. The summed E-state index contributed by atoms with van der Waals surface area (Å²) in [7, 11) is 5.50. The molecule has 1 amide bonds. The third-order valence-electron chi connectivity index (χ3n) is 3.57. The fourth-order valence-corrected chi connectivity index (χ4v) is 2.37. The van der Waals surface area contributed by atoms with Crippen molar-refractivity contribution in [1.29, 1.82) is 0 Å². The second kappa shape index (κ2) is 11.5. The van der Waals surface area contributed by atoms with Crippen LogP contribution in [0.4, 0.5) is 10.5 Å². The number of benzene rings is 1. The van der Waals surface area contributed by atoms with Crippen LogP contribution < -0.4 is 5.06 Å². The van der Waals surface area contributed by atoms with Crippen LogP contribution in [0.3, 0.4) is 0 Å². The van der Waals surface area contributed by atoms with E-state index in [0.29, 0.717) is 28.4 Å². The van der Waals surface area contributed by atoms with Gasteiger partial charge in [-0.25, -0.2) is 4.79 Å². The number of nitrogens with zero attached hydrogens (tertiary/aromatic N) is 4. The first-order valence-corrected chi connectivity index (χ1v) is 8.28. The van der Waals surface area contributed by atoms with Crippen LogP contribution in [0.5, 0.6) is 0 Å². The highest BCUT2D eigenvalue weighted by Crippen LogP contribution is 2.26. The molecule has 0 unspecified atom stereocenters. The average Bonchev–Trinajstić information content (AvgIpc) is 2.68. The number of hydrogen-bond acceptors (Lipinski definition) is 9. The molecule has 0 fully saturated rings. The second-order valence-electron chi connectivity index (χ2n) is 5.46. The van der Waals surface area contributed by atoms with Gasteiger partial charge < -0.3 is 19.2 Å². The van der Waals surface area contributed by atoms with Crippen LogP contribution in [0.25, 0.3) is 0 Å². The van der Waals surface area contributed by atoms with Gasteiger partial charge >= 0.3 is 6.09 Å². The lowest BCUT2D eigenvalue weighted by Crippen LogP contribution is -2.31. The van der Waals surface area contributed by atoms with Gasteiger partial charge in [-0.1, -0.05) is 33.7 Å². The van der Waals surface area contributed by atoms with E-state index in [4.69, 9.17) is 24.1 Å². The van der Waals surface area contributed by atoms with Crippen molar-refractivity contribution < 1.29 is 28.9 Å². The lowest BCUT2D eigenvalue weighted by Gasteiger charge is -2.22. The standard InChI is InChI=1S/C18H26N4O6/c1-12-9-8-10-15(17(12)22(27-7)18(23)24-4)11-28-20-14(3)16(21-26-6)13(2)19-25-5/h8-10H,11H2,1-7H3/b19-13+,20-14+,21-16+. The first-order chi connectivity index (χ1) is 13.4. The highest BCUT2D eigenvalue weighted by Gasteiger charge is 2.22. The van der Waals surface area contributed by atoms with E-state index in [0.717, 1.165) is 10.6 Å². The number of aryl methyl sites for hydroxylation is 1. The Morgan fingerprint density at radius 3 is 2.21 bits per heavy atom. The summed E-state index contributed by atoms with van der Waals surface area (Å²) in [4.78, 5) is 32.2. The van der Waals surface area contributed by atoms with Gasteiger partial charge in [0, 0.05) is 5.56 Å². The quantitative estimate of drug-likeness (QED) is 0.471. The summed E-state index contributed by atoms with van der Waals surface area (Å²) in [5.74, 6) is 0. The molecule has 0 saturated heterocycles. The fourth-order valence-electron chi connectivity index (χ4n) is 2.37. The van der Waals surface area contributed by atoms with Crippen LogP contribution in [0.2, 0.25) is 0 Å². The molecular weight excluding hydrogens is 368 g/mol. The van der Waals surface area contributed by atoms with Crippen molar-refractivity contribution >= 4 is 28.9 Å². The Kier molecular flexibility index (Phi) is 9.44. The Hall–Kier alpha value is -3.14. The minimum Gasteiger partial charge on any atom is -0.451 e. The number of carbonyl (C=O) groups excluding carboxylic acids is 1. The van der Waals surface area contributed by atoms with E-state index >= 15 is 0 Å². The summed E-state index contributed by atoms with van der Waals surface area (Å²) in [6, 6.07) is 5.48. The number of carbonyl (C=O) groups is 1. The maximum Gasteiger partial charge on any atom is 0.438 e. The molecule has 1 rings (SSSR count). The summed E-state index contributed by atoms with van der Waals surface area (Å²) in [5.41, 5.74) is 3.29. The summed E-state index contributed by atoms with van der Waals surface area (Å²) in [6.45, 7) is 5.31. The van der Waals surface area contributed by atoms with Gasteiger partial charge in [0.1, 0.15) is 32.2 Å². The first-order valence-electron chi connectivity index (χ1n) is 8.28. The summed E-state index contributed by atoms with van der Waals surface area (Å²) in [6.07, 6.45) is -0.654. The van der Waals surface area contributed by atoms with E-state index in [9.17, 15) is 4.79 Å². The molecule has 0 aliphatic rings. The number of anilines is 1. The van der Waals surface area contributed by atoms with Gasteiger partial charge in [0.2, 0.25) is 0 Å².